The van der Waals surface area contributed by atoms with E-state index in [2.05, 4.69) is 28.1 Å². The summed E-state index contributed by atoms with van der Waals surface area (Å²) in [5.41, 5.74) is 3.46. The van der Waals surface area contributed by atoms with E-state index < -0.39 is 0 Å². The minimum absolute atomic E-state index is 0.569. The van der Waals surface area contributed by atoms with Gasteiger partial charge in [0.25, 0.3) is 0 Å². The Hall–Kier alpha value is -2.64. The molecule has 1 aliphatic heterocycles. The Morgan fingerprint density at radius 2 is 1.91 bits per heavy atom. The maximum absolute atomic E-state index is 9.32. The summed E-state index contributed by atoms with van der Waals surface area (Å²) in [5.74, 6) is 0. The number of hydrogen-bond donors (Lipinski definition) is 0. The van der Waals surface area contributed by atoms with Gasteiger partial charge in [0.15, 0.2) is 0 Å². The molecule has 1 aromatic heterocycles. The van der Waals surface area contributed by atoms with E-state index in [1.165, 1.54) is 5.69 Å². The molecule has 0 unspecified atom stereocenters. The predicted octanol–water partition coefficient (Wildman–Crippen LogP) is 2.98. The molecular weight excluding hydrogens is 274 g/mol. The molecular formula is C18H17N3O. The van der Waals surface area contributed by atoms with E-state index in [0.717, 1.165) is 31.9 Å². The lowest BCUT2D eigenvalue weighted by Gasteiger charge is -2.28. The minimum Gasteiger partial charge on any atom is -0.378 e. The average Bonchev–Trinajstić information content (AvgIpc) is 2.62. The molecule has 1 saturated heterocycles. The van der Waals surface area contributed by atoms with E-state index in [0.29, 0.717) is 11.3 Å². The second-order valence-corrected chi connectivity index (χ2v) is 5.08. The molecule has 2 heterocycles. The molecule has 3 rings (SSSR count). The van der Waals surface area contributed by atoms with Crippen molar-refractivity contribution < 1.29 is 4.74 Å². The Morgan fingerprint density at radius 1 is 1.14 bits per heavy atom. The standard InChI is InChI=1S/C18H17N3O/c19-14-16(18-3-1-2-8-20-18)13-15-4-6-17(7-5-15)21-9-11-22-12-10-21/h1-8,13H,9-12H2. The lowest BCUT2D eigenvalue weighted by Crippen LogP contribution is -2.36. The van der Waals surface area contributed by atoms with Crippen molar-refractivity contribution in [3.05, 3.63) is 59.9 Å². The third-order valence-electron chi connectivity index (χ3n) is 3.64. The molecule has 4 heteroatoms. The monoisotopic (exact) mass is 291 g/mol. The number of morpholine rings is 1. The molecule has 0 atom stereocenters. The van der Waals surface area contributed by atoms with E-state index in [1.807, 2.05) is 36.4 Å². The van der Waals surface area contributed by atoms with E-state index in [1.54, 1.807) is 6.20 Å². The van der Waals surface area contributed by atoms with Crippen LogP contribution >= 0.6 is 0 Å². The quantitative estimate of drug-likeness (QED) is 0.816. The zero-order valence-corrected chi connectivity index (χ0v) is 12.3. The molecule has 2 aromatic rings. The predicted molar refractivity (Wildman–Crippen MR) is 87.2 cm³/mol. The van der Waals surface area contributed by atoms with Gasteiger partial charge in [0.2, 0.25) is 0 Å². The number of pyridine rings is 1. The summed E-state index contributed by atoms with van der Waals surface area (Å²) >= 11 is 0. The Labute approximate surface area is 130 Å². The highest BCUT2D eigenvalue weighted by Gasteiger charge is 2.10. The Balaban J connectivity index is 1.80. The van der Waals surface area contributed by atoms with Crippen LogP contribution in [0.15, 0.2) is 48.7 Å². The Kier molecular flexibility index (Phi) is 4.47. The highest BCUT2D eigenvalue weighted by atomic mass is 16.5. The van der Waals surface area contributed by atoms with Crippen LogP contribution in [0.3, 0.4) is 0 Å². The van der Waals surface area contributed by atoms with Crippen molar-refractivity contribution in [2.75, 3.05) is 31.2 Å². The molecule has 0 amide bonds. The second kappa shape index (κ2) is 6.88. The van der Waals surface area contributed by atoms with E-state index in [9.17, 15) is 5.26 Å². The first-order valence-electron chi connectivity index (χ1n) is 7.33. The van der Waals surface area contributed by atoms with Gasteiger partial charge in [-0.15, -0.1) is 0 Å². The number of ether oxygens (including phenoxy) is 1. The molecule has 0 bridgehead atoms. The number of nitriles is 1. The summed E-state index contributed by atoms with van der Waals surface area (Å²) in [6.45, 7) is 3.40. The van der Waals surface area contributed by atoms with Gasteiger partial charge in [-0.25, -0.2) is 0 Å². The molecule has 22 heavy (non-hydrogen) atoms. The largest absolute Gasteiger partial charge is 0.378 e. The minimum atomic E-state index is 0.569. The number of anilines is 1. The van der Waals surface area contributed by atoms with Gasteiger partial charge in [0.05, 0.1) is 24.5 Å². The highest BCUT2D eigenvalue weighted by molar-refractivity contribution is 5.88. The zero-order chi connectivity index (χ0) is 15.2. The first-order valence-corrected chi connectivity index (χ1v) is 7.33. The van der Waals surface area contributed by atoms with Gasteiger partial charge in [0, 0.05) is 25.0 Å². The first kappa shape index (κ1) is 14.3. The lowest BCUT2D eigenvalue weighted by molar-refractivity contribution is 0.122. The van der Waals surface area contributed by atoms with Crippen molar-refractivity contribution in [3.8, 4) is 6.07 Å². The van der Waals surface area contributed by atoms with Crippen LogP contribution in [-0.2, 0) is 4.74 Å². The number of allylic oxidation sites excluding steroid dienone is 1. The van der Waals surface area contributed by atoms with Gasteiger partial charge in [0.1, 0.15) is 6.07 Å². The summed E-state index contributed by atoms with van der Waals surface area (Å²) in [4.78, 5) is 6.53. The molecule has 0 saturated carbocycles. The van der Waals surface area contributed by atoms with Crippen LogP contribution in [0.1, 0.15) is 11.3 Å². The second-order valence-electron chi connectivity index (χ2n) is 5.08. The topological polar surface area (TPSA) is 49.2 Å². The molecule has 1 aromatic carbocycles. The average molecular weight is 291 g/mol. The van der Waals surface area contributed by atoms with Crippen molar-refractivity contribution in [1.82, 2.24) is 4.98 Å². The first-order chi connectivity index (χ1) is 10.9. The fourth-order valence-electron chi connectivity index (χ4n) is 2.46. The van der Waals surface area contributed by atoms with Crippen LogP contribution in [0.5, 0.6) is 0 Å². The Morgan fingerprint density at radius 3 is 2.55 bits per heavy atom. The summed E-state index contributed by atoms with van der Waals surface area (Å²) < 4.78 is 5.37. The molecule has 1 fully saturated rings. The number of aromatic nitrogens is 1. The number of nitrogens with zero attached hydrogens (tertiary/aromatic N) is 3. The smallest absolute Gasteiger partial charge is 0.101 e. The fourth-order valence-corrected chi connectivity index (χ4v) is 2.46. The van der Waals surface area contributed by atoms with Crippen molar-refractivity contribution in [2.24, 2.45) is 0 Å². The van der Waals surface area contributed by atoms with E-state index in [-0.39, 0.29) is 0 Å². The number of rotatable bonds is 3. The maximum atomic E-state index is 9.32. The third kappa shape index (κ3) is 3.33. The number of hydrogen-bond acceptors (Lipinski definition) is 4. The SMILES string of the molecule is N#CC(=Cc1ccc(N2CCOCC2)cc1)c1ccccn1. The van der Waals surface area contributed by atoms with Crippen LogP contribution < -0.4 is 4.90 Å². The maximum Gasteiger partial charge on any atom is 0.101 e. The van der Waals surface area contributed by atoms with Gasteiger partial charge >= 0.3 is 0 Å². The third-order valence-corrected chi connectivity index (χ3v) is 3.64. The molecule has 0 spiro atoms. The molecule has 110 valence electrons. The van der Waals surface area contributed by atoms with Crippen molar-refractivity contribution >= 4 is 17.3 Å². The zero-order valence-electron chi connectivity index (χ0n) is 12.3. The van der Waals surface area contributed by atoms with Crippen LogP contribution in [0.2, 0.25) is 0 Å². The van der Waals surface area contributed by atoms with E-state index in [4.69, 9.17) is 4.74 Å². The van der Waals surface area contributed by atoms with Gasteiger partial charge < -0.3 is 9.64 Å². The summed E-state index contributed by atoms with van der Waals surface area (Å²) in [6.07, 6.45) is 3.56. The lowest BCUT2D eigenvalue weighted by atomic mass is 10.1. The normalized spacial score (nSPS) is 15.4. The van der Waals surface area contributed by atoms with E-state index >= 15 is 0 Å². The van der Waals surface area contributed by atoms with Gasteiger partial charge in [-0.3, -0.25) is 4.98 Å². The van der Waals surface area contributed by atoms with Crippen LogP contribution in [-0.4, -0.2) is 31.3 Å². The molecule has 4 nitrogen and oxygen atoms in total. The van der Waals surface area contributed by atoms with Crippen LogP contribution in [0, 0.1) is 11.3 Å². The molecule has 1 aliphatic rings. The summed E-state index contributed by atoms with van der Waals surface area (Å²) in [5, 5.41) is 9.32. The molecule has 0 aliphatic carbocycles. The van der Waals surface area contributed by atoms with Crippen molar-refractivity contribution in [2.45, 2.75) is 0 Å². The van der Waals surface area contributed by atoms with Gasteiger partial charge in [-0.05, 0) is 35.9 Å². The summed E-state index contributed by atoms with van der Waals surface area (Å²) in [7, 11) is 0. The van der Waals surface area contributed by atoms with Gasteiger partial charge in [-0.2, -0.15) is 5.26 Å². The van der Waals surface area contributed by atoms with Crippen LogP contribution in [0.25, 0.3) is 11.6 Å². The molecule has 0 radical (unpaired) electrons. The Bertz CT molecular complexity index is 681. The van der Waals surface area contributed by atoms with Gasteiger partial charge in [-0.1, -0.05) is 18.2 Å². The van der Waals surface area contributed by atoms with Crippen LogP contribution in [0.4, 0.5) is 5.69 Å². The summed E-state index contributed by atoms with van der Waals surface area (Å²) in [6, 6.07) is 16.0. The van der Waals surface area contributed by atoms with Crippen molar-refractivity contribution in [1.29, 1.82) is 5.26 Å². The fraction of sp³-hybridized carbons (Fsp3) is 0.222. The number of benzene rings is 1. The highest BCUT2D eigenvalue weighted by Crippen LogP contribution is 2.20. The van der Waals surface area contributed by atoms with Crippen molar-refractivity contribution in [3.63, 3.8) is 0 Å². The molecule has 0 N–H and O–H groups in total.